The Labute approximate surface area is 166 Å². The van der Waals surface area contributed by atoms with Crippen molar-refractivity contribution in [2.24, 2.45) is 0 Å². The van der Waals surface area contributed by atoms with E-state index >= 15 is 0 Å². The van der Waals surface area contributed by atoms with E-state index in [1.54, 1.807) is 18.2 Å². The first-order chi connectivity index (χ1) is 13.2. The van der Waals surface area contributed by atoms with Crippen LogP contribution < -0.4 is 14.4 Å². The first-order valence-corrected chi connectivity index (χ1v) is 11.2. The third-order valence-electron chi connectivity index (χ3n) is 4.70. The minimum atomic E-state index is -3.35. The highest BCUT2D eigenvalue weighted by Gasteiger charge is 2.32. The number of hydrogen-bond donors (Lipinski definition) is 1. The highest BCUT2D eigenvalue weighted by atomic mass is 32.2. The van der Waals surface area contributed by atoms with Gasteiger partial charge >= 0.3 is 0 Å². The molecule has 3 rings (SSSR count). The van der Waals surface area contributed by atoms with E-state index in [2.05, 4.69) is 5.32 Å². The van der Waals surface area contributed by atoms with Gasteiger partial charge in [0.2, 0.25) is 10.0 Å². The predicted molar refractivity (Wildman–Crippen MR) is 112 cm³/mol. The van der Waals surface area contributed by atoms with Crippen LogP contribution in [0.5, 0.6) is 5.75 Å². The molecular weight excluding hydrogens is 376 g/mol. The largest absolute Gasteiger partial charge is 0.491 e. The van der Waals surface area contributed by atoms with E-state index in [1.165, 1.54) is 10.6 Å². The number of amides is 1. The van der Waals surface area contributed by atoms with Crippen LogP contribution in [0.2, 0.25) is 0 Å². The minimum absolute atomic E-state index is 0.158. The third kappa shape index (κ3) is 4.14. The van der Waals surface area contributed by atoms with Gasteiger partial charge in [-0.15, -0.1) is 0 Å². The number of carbonyl (C=O) groups is 1. The molecule has 1 atom stereocenters. The quantitative estimate of drug-likeness (QED) is 0.798. The fourth-order valence-corrected chi connectivity index (χ4v) is 4.77. The summed E-state index contributed by atoms with van der Waals surface area (Å²) in [4.78, 5) is 12.8. The van der Waals surface area contributed by atoms with Gasteiger partial charge < -0.3 is 10.1 Å². The average molecular weight is 403 g/mol. The van der Waals surface area contributed by atoms with Gasteiger partial charge in [0.25, 0.3) is 5.91 Å². The van der Waals surface area contributed by atoms with Crippen molar-refractivity contribution in [2.45, 2.75) is 39.7 Å². The zero-order valence-corrected chi connectivity index (χ0v) is 17.5. The van der Waals surface area contributed by atoms with Gasteiger partial charge in [-0.1, -0.05) is 13.0 Å². The molecule has 150 valence electrons. The van der Waals surface area contributed by atoms with Crippen molar-refractivity contribution in [1.29, 1.82) is 0 Å². The van der Waals surface area contributed by atoms with E-state index in [1.807, 2.05) is 39.0 Å². The molecule has 1 aliphatic heterocycles. The van der Waals surface area contributed by atoms with E-state index in [0.717, 1.165) is 17.5 Å². The van der Waals surface area contributed by atoms with Gasteiger partial charge in [0.05, 0.1) is 24.2 Å². The van der Waals surface area contributed by atoms with Crippen LogP contribution >= 0.6 is 0 Å². The molecule has 0 bridgehead atoms. The summed E-state index contributed by atoms with van der Waals surface area (Å²) in [6.45, 7) is 6.44. The van der Waals surface area contributed by atoms with Crippen LogP contribution in [0.25, 0.3) is 0 Å². The number of benzene rings is 2. The number of hydrogen-bond acceptors (Lipinski definition) is 4. The summed E-state index contributed by atoms with van der Waals surface area (Å²) in [5, 5.41) is 2.91. The van der Waals surface area contributed by atoms with Gasteiger partial charge in [0.15, 0.2) is 0 Å². The molecule has 0 saturated carbocycles. The SMILES string of the molecule is CCCOc1cc(C)ccc1NC(=O)c1ccc2c(c1)CC(C)N2S(C)(=O)=O. The van der Waals surface area contributed by atoms with Crippen LogP contribution in [0, 0.1) is 6.92 Å². The Bertz CT molecular complexity index is 1000. The van der Waals surface area contributed by atoms with E-state index < -0.39 is 10.0 Å². The molecule has 28 heavy (non-hydrogen) atoms. The lowest BCUT2D eigenvalue weighted by Gasteiger charge is -2.22. The van der Waals surface area contributed by atoms with Gasteiger partial charge in [-0.05, 0) is 68.1 Å². The Hall–Kier alpha value is -2.54. The third-order valence-corrected chi connectivity index (χ3v) is 5.97. The summed E-state index contributed by atoms with van der Waals surface area (Å²) in [6, 6.07) is 10.6. The maximum absolute atomic E-state index is 12.8. The second-order valence-electron chi connectivity index (χ2n) is 7.26. The summed E-state index contributed by atoms with van der Waals surface area (Å²) in [7, 11) is -3.35. The molecule has 2 aromatic carbocycles. The molecule has 1 amide bonds. The Morgan fingerprint density at radius 3 is 2.68 bits per heavy atom. The Balaban J connectivity index is 1.85. The van der Waals surface area contributed by atoms with E-state index in [4.69, 9.17) is 4.74 Å². The molecule has 0 aliphatic carbocycles. The topological polar surface area (TPSA) is 75.7 Å². The molecule has 2 aromatic rings. The van der Waals surface area contributed by atoms with E-state index in [9.17, 15) is 13.2 Å². The molecule has 0 aromatic heterocycles. The smallest absolute Gasteiger partial charge is 0.255 e. The molecule has 7 heteroatoms. The van der Waals surface area contributed by atoms with E-state index in [0.29, 0.717) is 35.7 Å². The number of nitrogens with one attached hydrogen (secondary N) is 1. The number of aryl methyl sites for hydroxylation is 1. The number of carbonyl (C=O) groups excluding carboxylic acids is 1. The van der Waals surface area contributed by atoms with Crippen LogP contribution in [0.3, 0.4) is 0 Å². The number of fused-ring (bicyclic) bond motifs is 1. The number of rotatable bonds is 6. The van der Waals surface area contributed by atoms with Crippen LogP contribution in [0.15, 0.2) is 36.4 Å². The Kier molecular flexibility index (Phi) is 5.65. The van der Waals surface area contributed by atoms with Crippen LogP contribution in [-0.2, 0) is 16.4 Å². The zero-order chi connectivity index (χ0) is 20.5. The second kappa shape index (κ2) is 7.83. The van der Waals surface area contributed by atoms with Gasteiger partial charge in [-0.3, -0.25) is 9.10 Å². The van der Waals surface area contributed by atoms with Crippen molar-refractivity contribution in [3.05, 3.63) is 53.1 Å². The fourth-order valence-electron chi connectivity index (χ4n) is 3.51. The van der Waals surface area contributed by atoms with Crippen molar-refractivity contribution >= 4 is 27.3 Å². The molecule has 0 fully saturated rings. The lowest BCUT2D eigenvalue weighted by molar-refractivity contribution is 0.102. The maximum atomic E-state index is 12.8. The number of ether oxygens (including phenoxy) is 1. The summed E-state index contributed by atoms with van der Waals surface area (Å²) >= 11 is 0. The van der Waals surface area contributed by atoms with Gasteiger partial charge in [-0.2, -0.15) is 0 Å². The van der Waals surface area contributed by atoms with Gasteiger partial charge in [0.1, 0.15) is 5.75 Å². The maximum Gasteiger partial charge on any atom is 0.255 e. The highest BCUT2D eigenvalue weighted by Crippen LogP contribution is 2.35. The summed E-state index contributed by atoms with van der Waals surface area (Å²) < 4.78 is 31.3. The zero-order valence-electron chi connectivity index (χ0n) is 16.7. The lowest BCUT2D eigenvalue weighted by atomic mass is 10.1. The van der Waals surface area contributed by atoms with Crippen molar-refractivity contribution in [1.82, 2.24) is 0 Å². The molecule has 0 saturated heterocycles. The molecular formula is C21H26N2O4S. The molecule has 1 aliphatic rings. The molecule has 1 unspecified atom stereocenters. The van der Waals surface area contributed by atoms with Crippen molar-refractivity contribution in [3.63, 3.8) is 0 Å². The monoisotopic (exact) mass is 402 g/mol. The normalized spacial score (nSPS) is 16.0. The average Bonchev–Trinajstić information content (AvgIpc) is 2.96. The fraction of sp³-hybridized carbons (Fsp3) is 0.381. The number of anilines is 2. The minimum Gasteiger partial charge on any atom is -0.491 e. The summed E-state index contributed by atoms with van der Waals surface area (Å²) in [5.41, 5.74) is 3.67. The van der Waals surface area contributed by atoms with Gasteiger partial charge in [0, 0.05) is 11.6 Å². The van der Waals surface area contributed by atoms with Crippen LogP contribution in [0.4, 0.5) is 11.4 Å². The molecule has 1 heterocycles. The highest BCUT2D eigenvalue weighted by molar-refractivity contribution is 7.92. The predicted octanol–water partition coefficient (Wildman–Crippen LogP) is 3.75. The molecule has 1 N–H and O–H groups in total. The number of nitrogens with zero attached hydrogens (tertiary/aromatic N) is 1. The number of sulfonamides is 1. The van der Waals surface area contributed by atoms with Crippen molar-refractivity contribution in [2.75, 3.05) is 22.5 Å². The molecule has 0 radical (unpaired) electrons. The first kappa shape index (κ1) is 20.2. The molecule has 0 spiro atoms. The summed E-state index contributed by atoms with van der Waals surface area (Å²) in [5.74, 6) is 0.395. The van der Waals surface area contributed by atoms with Gasteiger partial charge in [-0.25, -0.2) is 8.42 Å². The molecule has 6 nitrogen and oxygen atoms in total. The van der Waals surface area contributed by atoms with Crippen molar-refractivity contribution < 1.29 is 17.9 Å². The Morgan fingerprint density at radius 2 is 2.00 bits per heavy atom. The Morgan fingerprint density at radius 1 is 1.25 bits per heavy atom. The van der Waals surface area contributed by atoms with E-state index in [-0.39, 0.29) is 11.9 Å². The first-order valence-electron chi connectivity index (χ1n) is 9.38. The summed E-state index contributed by atoms with van der Waals surface area (Å²) in [6.07, 6.45) is 2.66. The van der Waals surface area contributed by atoms with Crippen LogP contribution in [-0.4, -0.2) is 33.2 Å². The standard InChI is InChI=1S/C21H26N2O4S/c1-5-10-27-20-11-14(2)6-8-18(20)22-21(24)16-7-9-19-17(13-16)12-15(3)23(19)28(4,25)26/h6-9,11,13,15H,5,10,12H2,1-4H3,(H,22,24). The van der Waals surface area contributed by atoms with Crippen LogP contribution in [0.1, 0.15) is 41.8 Å². The second-order valence-corrected chi connectivity index (χ2v) is 9.12. The lowest BCUT2D eigenvalue weighted by Crippen LogP contribution is -2.34. The van der Waals surface area contributed by atoms with Crippen molar-refractivity contribution in [3.8, 4) is 5.75 Å².